The third kappa shape index (κ3) is 5.64. The van der Waals surface area contributed by atoms with E-state index in [0.717, 1.165) is 5.56 Å². The summed E-state index contributed by atoms with van der Waals surface area (Å²) in [7, 11) is 1.56. The number of carbonyl (C=O) groups excluding carboxylic acids is 2. The topological polar surface area (TPSA) is 75.2 Å². The average molecular weight is 441 g/mol. The van der Waals surface area contributed by atoms with Gasteiger partial charge >= 0.3 is 0 Å². The maximum atomic E-state index is 14.6. The van der Waals surface area contributed by atoms with E-state index >= 15 is 0 Å². The number of benzene rings is 1. The molecule has 160 valence electrons. The van der Waals surface area contributed by atoms with Gasteiger partial charge in [-0.05, 0) is 42.3 Å². The lowest BCUT2D eigenvalue weighted by Crippen LogP contribution is -2.26. The zero-order chi connectivity index (χ0) is 22.4. The van der Waals surface area contributed by atoms with Crippen LogP contribution in [0.2, 0.25) is 5.15 Å². The van der Waals surface area contributed by atoms with Crippen molar-refractivity contribution < 1.29 is 14.0 Å². The summed E-state index contributed by atoms with van der Waals surface area (Å²) in [6.45, 7) is 2.21. The maximum Gasteiger partial charge on any atom is 0.253 e. The number of aromatic nitrogens is 2. The second kappa shape index (κ2) is 10.1. The summed E-state index contributed by atoms with van der Waals surface area (Å²) in [4.78, 5) is 33.9. The molecule has 2 aromatic heterocycles. The van der Waals surface area contributed by atoms with Gasteiger partial charge in [0.25, 0.3) is 5.91 Å². The molecule has 0 aliphatic carbocycles. The van der Waals surface area contributed by atoms with Gasteiger partial charge < -0.3 is 10.2 Å². The normalized spacial score (nSPS) is 10.6. The molecule has 0 atom stereocenters. The molecule has 0 saturated carbocycles. The number of pyridine rings is 2. The molecule has 0 fully saturated rings. The highest BCUT2D eigenvalue weighted by Crippen LogP contribution is 2.25. The summed E-state index contributed by atoms with van der Waals surface area (Å²) in [6.07, 6.45) is 4.09. The van der Waals surface area contributed by atoms with E-state index in [2.05, 4.69) is 15.3 Å². The Bertz CT molecular complexity index is 1070. The molecular weight excluding hydrogens is 419 g/mol. The van der Waals surface area contributed by atoms with Crippen molar-refractivity contribution in [2.24, 2.45) is 0 Å². The number of hydrogen-bond donors (Lipinski definition) is 1. The van der Waals surface area contributed by atoms with Crippen molar-refractivity contribution in [3.63, 3.8) is 0 Å². The Labute approximate surface area is 185 Å². The number of nitrogens with zero attached hydrogens (tertiary/aromatic N) is 3. The lowest BCUT2D eigenvalue weighted by molar-refractivity contribution is -0.118. The molecule has 0 spiro atoms. The van der Waals surface area contributed by atoms with Crippen LogP contribution in [0.25, 0.3) is 11.3 Å². The highest BCUT2D eigenvalue weighted by Gasteiger charge is 2.15. The third-order valence-electron chi connectivity index (χ3n) is 4.71. The van der Waals surface area contributed by atoms with Crippen LogP contribution in [0.5, 0.6) is 0 Å². The van der Waals surface area contributed by atoms with Crippen LogP contribution in [0.15, 0.2) is 54.9 Å². The quantitative estimate of drug-likeness (QED) is 0.543. The molecule has 1 aromatic carbocycles. The van der Waals surface area contributed by atoms with Gasteiger partial charge in [-0.2, -0.15) is 0 Å². The summed E-state index contributed by atoms with van der Waals surface area (Å²) < 4.78 is 14.6. The third-order valence-corrected chi connectivity index (χ3v) is 4.93. The van der Waals surface area contributed by atoms with E-state index in [-0.39, 0.29) is 17.5 Å². The van der Waals surface area contributed by atoms with E-state index < -0.39 is 5.82 Å². The molecule has 2 heterocycles. The van der Waals surface area contributed by atoms with Gasteiger partial charge in [-0.15, -0.1) is 0 Å². The number of rotatable bonds is 7. The fraction of sp³-hybridized carbons (Fsp3) is 0.217. The van der Waals surface area contributed by atoms with E-state index in [0.29, 0.717) is 41.4 Å². The standard InChI is InChI=1S/C23H22ClFN4O2/c1-3-4-22(30)29(2)20-9-7-16(11-18(20)25)19-8-6-17(14-26-19)23(31)28-13-15-5-10-21(24)27-12-15/h5-12,14H,3-4,13H2,1-2H3,(H,28,31). The first-order chi connectivity index (χ1) is 14.9. The predicted octanol–water partition coefficient (Wildman–Crippen LogP) is 4.63. The molecule has 3 rings (SSSR count). The minimum Gasteiger partial charge on any atom is -0.348 e. The van der Waals surface area contributed by atoms with Crippen molar-refractivity contribution in [1.29, 1.82) is 0 Å². The van der Waals surface area contributed by atoms with Crippen molar-refractivity contribution in [2.75, 3.05) is 11.9 Å². The van der Waals surface area contributed by atoms with Gasteiger partial charge in [-0.3, -0.25) is 14.6 Å². The zero-order valence-corrected chi connectivity index (χ0v) is 18.0. The predicted molar refractivity (Wildman–Crippen MR) is 118 cm³/mol. The molecule has 0 aliphatic heterocycles. The van der Waals surface area contributed by atoms with Crippen LogP contribution >= 0.6 is 11.6 Å². The molecule has 0 unspecified atom stereocenters. The Morgan fingerprint density at radius 3 is 2.52 bits per heavy atom. The van der Waals surface area contributed by atoms with E-state index in [1.165, 1.54) is 17.2 Å². The monoisotopic (exact) mass is 440 g/mol. The first kappa shape index (κ1) is 22.4. The lowest BCUT2D eigenvalue weighted by Gasteiger charge is -2.18. The summed E-state index contributed by atoms with van der Waals surface area (Å²) in [5.41, 5.74) is 2.49. The number of nitrogens with one attached hydrogen (secondary N) is 1. The SMILES string of the molecule is CCCC(=O)N(C)c1ccc(-c2ccc(C(=O)NCc3ccc(Cl)nc3)cn2)cc1F. The van der Waals surface area contributed by atoms with Crippen LogP contribution in [0.4, 0.5) is 10.1 Å². The van der Waals surface area contributed by atoms with E-state index in [1.807, 2.05) is 6.92 Å². The zero-order valence-electron chi connectivity index (χ0n) is 17.2. The Balaban J connectivity index is 1.67. The number of halogens is 2. The van der Waals surface area contributed by atoms with Gasteiger partial charge in [0.2, 0.25) is 5.91 Å². The smallest absolute Gasteiger partial charge is 0.253 e. The van der Waals surface area contributed by atoms with Crippen molar-refractivity contribution in [3.05, 3.63) is 77.0 Å². The first-order valence-corrected chi connectivity index (χ1v) is 10.2. The van der Waals surface area contributed by atoms with Crippen LogP contribution in [-0.2, 0) is 11.3 Å². The van der Waals surface area contributed by atoms with E-state index in [9.17, 15) is 14.0 Å². The Morgan fingerprint density at radius 2 is 1.90 bits per heavy atom. The van der Waals surface area contributed by atoms with Gasteiger partial charge in [0, 0.05) is 38.0 Å². The van der Waals surface area contributed by atoms with E-state index in [1.54, 1.807) is 49.6 Å². The van der Waals surface area contributed by atoms with Crippen LogP contribution in [-0.4, -0.2) is 28.8 Å². The van der Waals surface area contributed by atoms with Crippen molar-refractivity contribution >= 4 is 29.1 Å². The van der Waals surface area contributed by atoms with Gasteiger partial charge in [0.15, 0.2) is 0 Å². The van der Waals surface area contributed by atoms with Gasteiger partial charge in [0.05, 0.1) is 16.9 Å². The highest BCUT2D eigenvalue weighted by molar-refractivity contribution is 6.29. The van der Waals surface area contributed by atoms with Gasteiger partial charge in [0.1, 0.15) is 11.0 Å². The molecule has 8 heteroatoms. The second-order valence-electron chi connectivity index (χ2n) is 6.97. The van der Waals surface area contributed by atoms with Crippen molar-refractivity contribution in [2.45, 2.75) is 26.3 Å². The number of hydrogen-bond acceptors (Lipinski definition) is 4. The average Bonchev–Trinajstić information content (AvgIpc) is 2.78. The Morgan fingerprint density at radius 1 is 1.10 bits per heavy atom. The van der Waals surface area contributed by atoms with Crippen LogP contribution < -0.4 is 10.2 Å². The fourth-order valence-electron chi connectivity index (χ4n) is 2.95. The number of anilines is 1. The highest BCUT2D eigenvalue weighted by atomic mass is 35.5. The number of carbonyl (C=O) groups is 2. The van der Waals surface area contributed by atoms with Gasteiger partial charge in [-0.25, -0.2) is 9.37 Å². The Hall–Kier alpha value is -3.32. The van der Waals surface area contributed by atoms with Crippen molar-refractivity contribution in [3.8, 4) is 11.3 Å². The lowest BCUT2D eigenvalue weighted by atomic mass is 10.1. The molecule has 0 radical (unpaired) electrons. The van der Waals surface area contributed by atoms with Crippen LogP contribution in [0, 0.1) is 5.82 Å². The molecule has 1 N–H and O–H groups in total. The van der Waals surface area contributed by atoms with Crippen molar-refractivity contribution in [1.82, 2.24) is 15.3 Å². The summed E-state index contributed by atoms with van der Waals surface area (Å²) >= 11 is 5.75. The Kier molecular flexibility index (Phi) is 7.31. The maximum absolute atomic E-state index is 14.6. The van der Waals surface area contributed by atoms with Crippen LogP contribution in [0.3, 0.4) is 0 Å². The molecule has 0 saturated heterocycles. The second-order valence-corrected chi connectivity index (χ2v) is 7.36. The number of amides is 2. The minimum atomic E-state index is -0.510. The fourth-order valence-corrected chi connectivity index (χ4v) is 3.06. The van der Waals surface area contributed by atoms with E-state index in [4.69, 9.17) is 11.6 Å². The van der Waals surface area contributed by atoms with Gasteiger partial charge in [-0.1, -0.05) is 30.7 Å². The molecule has 0 bridgehead atoms. The molecule has 6 nitrogen and oxygen atoms in total. The molecule has 31 heavy (non-hydrogen) atoms. The summed E-state index contributed by atoms with van der Waals surface area (Å²) in [5, 5.41) is 3.17. The summed E-state index contributed by atoms with van der Waals surface area (Å²) in [5.74, 6) is -0.937. The molecule has 0 aliphatic rings. The summed E-state index contributed by atoms with van der Waals surface area (Å²) in [6, 6.07) is 11.3. The first-order valence-electron chi connectivity index (χ1n) is 9.80. The largest absolute Gasteiger partial charge is 0.348 e. The molecule has 3 aromatic rings. The minimum absolute atomic E-state index is 0.142. The molecular formula is C23H22ClFN4O2. The van der Waals surface area contributed by atoms with Crippen LogP contribution in [0.1, 0.15) is 35.7 Å². The molecule has 2 amide bonds.